The van der Waals surface area contributed by atoms with E-state index < -0.39 is 15.8 Å². The van der Waals surface area contributed by atoms with Gasteiger partial charge in [-0.05, 0) is 61.6 Å². The Bertz CT molecular complexity index is 1290. The minimum absolute atomic E-state index is 0.181. The Labute approximate surface area is 191 Å². The quantitative estimate of drug-likeness (QED) is 0.479. The second-order valence-corrected chi connectivity index (χ2v) is 10.5. The Kier molecular flexibility index (Phi) is 6.04. The van der Waals surface area contributed by atoms with Gasteiger partial charge in [-0.1, -0.05) is 6.07 Å². The molecule has 0 spiro atoms. The van der Waals surface area contributed by atoms with Crippen LogP contribution in [0.25, 0.3) is 11.5 Å². The summed E-state index contributed by atoms with van der Waals surface area (Å²) in [6, 6.07) is 10.9. The second-order valence-electron chi connectivity index (χ2n) is 8.51. The van der Waals surface area contributed by atoms with E-state index in [2.05, 4.69) is 25.6 Å². The summed E-state index contributed by atoms with van der Waals surface area (Å²) in [6.45, 7) is 3.34. The van der Waals surface area contributed by atoms with Crippen LogP contribution in [0.4, 0.5) is 26.1 Å². The number of alkyl halides is 2. The molecule has 7 nitrogen and oxygen atoms in total. The number of sulfone groups is 1. The topological polar surface area (TPSA) is 96.9 Å². The van der Waals surface area contributed by atoms with Crippen molar-refractivity contribution >= 4 is 27.2 Å². The van der Waals surface area contributed by atoms with Crippen molar-refractivity contribution in [2.24, 2.45) is 5.92 Å². The fourth-order valence-corrected chi connectivity index (χ4v) is 4.01. The molecule has 0 radical (unpaired) electrons. The maximum atomic E-state index is 13.8. The summed E-state index contributed by atoms with van der Waals surface area (Å²) in [5.74, 6) is -1.41. The van der Waals surface area contributed by atoms with Crippen LogP contribution in [-0.2, 0) is 15.8 Å². The lowest BCUT2D eigenvalue weighted by molar-refractivity contribution is 0.0129. The summed E-state index contributed by atoms with van der Waals surface area (Å²) in [4.78, 5) is 13.2. The molecule has 33 heavy (non-hydrogen) atoms. The molecule has 2 N–H and O–H groups in total. The Hall–Kier alpha value is -3.14. The Morgan fingerprint density at radius 2 is 1.79 bits per heavy atom. The lowest BCUT2D eigenvalue weighted by Crippen LogP contribution is -2.11. The highest BCUT2D eigenvalue weighted by molar-refractivity contribution is 7.90. The Morgan fingerprint density at radius 1 is 1.06 bits per heavy atom. The SMILES string of the molecule is Cc1cc(Nc2cc(NCC3CC3)nc(-c3cccc(C(C)(F)F)n3)n2)cc(S(C)(=O)=O)c1. The van der Waals surface area contributed by atoms with Gasteiger partial charge >= 0.3 is 0 Å². The second kappa shape index (κ2) is 8.66. The van der Waals surface area contributed by atoms with E-state index >= 15 is 0 Å². The number of rotatable bonds is 8. The molecule has 4 rings (SSSR count). The molecule has 3 aromatic rings. The van der Waals surface area contributed by atoms with Crippen molar-refractivity contribution in [1.29, 1.82) is 0 Å². The monoisotopic (exact) mass is 473 g/mol. The molecule has 2 heterocycles. The molecule has 0 atom stereocenters. The highest BCUT2D eigenvalue weighted by atomic mass is 32.2. The molecule has 0 bridgehead atoms. The number of hydrogen-bond donors (Lipinski definition) is 2. The largest absolute Gasteiger partial charge is 0.370 e. The molecule has 1 aliphatic carbocycles. The van der Waals surface area contributed by atoms with Crippen LogP contribution in [-0.4, -0.2) is 36.2 Å². The van der Waals surface area contributed by atoms with E-state index in [4.69, 9.17) is 0 Å². The summed E-state index contributed by atoms with van der Waals surface area (Å²) in [5, 5.41) is 6.40. The third-order valence-corrected chi connectivity index (χ3v) is 6.27. The molecule has 174 valence electrons. The molecule has 2 aromatic heterocycles. The van der Waals surface area contributed by atoms with Gasteiger partial charge in [-0.2, -0.15) is 8.78 Å². The van der Waals surface area contributed by atoms with Crippen LogP contribution in [0.15, 0.2) is 47.4 Å². The van der Waals surface area contributed by atoms with Crippen LogP contribution in [0.5, 0.6) is 0 Å². The summed E-state index contributed by atoms with van der Waals surface area (Å²) < 4.78 is 51.7. The van der Waals surface area contributed by atoms with Crippen LogP contribution < -0.4 is 10.6 Å². The van der Waals surface area contributed by atoms with Crippen LogP contribution in [0.1, 0.15) is 31.0 Å². The number of benzene rings is 1. The van der Waals surface area contributed by atoms with Gasteiger partial charge in [0.25, 0.3) is 5.92 Å². The van der Waals surface area contributed by atoms with Crippen molar-refractivity contribution in [3.63, 3.8) is 0 Å². The smallest absolute Gasteiger partial charge is 0.286 e. The lowest BCUT2D eigenvalue weighted by atomic mass is 10.2. The summed E-state index contributed by atoms with van der Waals surface area (Å²) >= 11 is 0. The Morgan fingerprint density at radius 3 is 2.45 bits per heavy atom. The molecule has 10 heteroatoms. The maximum absolute atomic E-state index is 13.8. The molecular weight excluding hydrogens is 448 g/mol. The zero-order valence-electron chi connectivity index (χ0n) is 18.6. The highest BCUT2D eigenvalue weighted by Gasteiger charge is 2.27. The normalized spacial score (nSPS) is 14.2. The van der Waals surface area contributed by atoms with Crippen molar-refractivity contribution in [2.45, 2.75) is 37.5 Å². The van der Waals surface area contributed by atoms with Crippen molar-refractivity contribution in [1.82, 2.24) is 15.0 Å². The third-order valence-electron chi connectivity index (χ3n) is 5.17. The number of aromatic nitrogens is 3. The predicted molar refractivity (Wildman–Crippen MR) is 124 cm³/mol. The standard InChI is InChI=1S/C23H25F2N5O2S/c1-14-9-16(11-17(10-14)33(3,31)32)27-21-12-20(26-13-15-7-8-15)29-22(30-21)18-5-4-6-19(28-18)23(2,24)25/h4-6,9-12,15H,7-8,13H2,1-3H3,(H2,26,27,29,30). The van der Waals surface area contributed by atoms with Crippen LogP contribution in [0, 0.1) is 12.8 Å². The Balaban J connectivity index is 1.72. The minimum Gasteiger partial charge on any atom is -0.370 e. The first-order valence-electron chi connectivity index (χ1n) is 10.5. The van der Waals surface area contributed by atoms with Crippen molar-refractivity contribution in [2.75, 3.05) is 23.4 Å². The first-order valence-corrected chi connectivity index (χ1v) is 12.4. The lowest BCUT2D eigenvalue weighted by Gasteiger charge is -2.14. The molecular formula is C23H25F2N5O2S. The van der Waals surface area contributed by atoms with Gasteiger partial charge in [0.2, 0.25) is 0 Å². The number of pyridine rings is 1. The van der Waals surface area contributed by atoms with E-state index in [1.54, 1.807) is 31.2 Å². The van der Waals surface area contributed by atoms with Gasteiger partial charge in [0.05, 0.1) is 4.90 Å². The first kappa shape index (κ1) is 23.0. The summed E-state index contributed by atoms with van der Waals surface area (Å²) in [5.41, 5.74) is 1.15. The average Bonchev–Trinajstić information content (AvgIpc) is 3.55. The number of aryl methyl sites for hydroxylation is 1. The molecule has 1 saturated carbocycles. The van der Waals surface area contributed by atoms with Crippen molar-refractivity contribution in [3.8, 4) is 11.5 Å². The molecule has 0 saturated heterocycles. The zero-order chi connectivity index (χ0) is 23.8. The van der Waals surface area contributed by atoms with Gasteiger partial charge in [-0.25, -0.2) is 23.4 Å². The number of nitrogens with one attached hydrogen (secondary N) is 2. The van der Waals surface area contributed by atoms with Gasteiger partial charge in [-0.15, -0.1) is 0 Å². The average molecular weight is 474 g/mol. The number of nitrogens with zero attached hydrogens (tertiary/aromatic N) is 3. The van der Waals surface area contributed by atoms with E-state index in [1.807, 2.05) is 0 Å². The van der Waals surface area contributed by atoms with Gasteiger partial charge < -0.3 is 10.6 Å². The van der Waals surface area contributed by atoms with Crippen LogP contribution >= 0.6 is 0 Å². The molecule has 0 unspecified atom stereocenters. The minimum atomic E-state index is -3.40. The highest BCUT2D eigenvalue weighted by Crippen LogP contribution is 2.31. The van der Waals surface area contributed by atoms with E-state index in [9.17, 15) is 17.2 Å². The van der Waals surface area contributed by atoms with Gasteiger partial charge in [0, 0.05) is 31.5 Å². The molecule has 1 fully saturated rings. The van der Waals surface area contributed by atoms with E-state index in [0.717, 1.165) is 38.1 Å². The number of anilines is 3. The molecule has 0 aliphatic heterocycles. The van der Waals surface area contributed by atoms with Gasteiger partial charge in [0.15, 0.2) is 15.7 Å². The van der Waals surface area contributed by atoms with Crippen LogP contribution in [0.2, 0.25) is 0 Å². The fraction of sp³-hybridized carbons (Fsp3) is 0.348. The third kappa shape index (κ3) is 6.01. The number of halogens is 2. The fourth-order valence-electron chi connectivity index (χ4n) is 3.27. The number of hydrogen-bond acceptors (Lipinski definition) is 7. The maximum Gasteiger partial charge on any atom is 0.286 e. The molecule has 1 aromatic carbocycles. The molecule has 1 aliphatic rings. The summed E-state index contributed by atoms with van der Waals surface area (Å²) in [7, 11) is -3.40. The summed E-state index contributed by atoms with van der Waals surface area (Å²) in [6.07, 6.45) is 3.46. The molecule has 0 amide bonds. The van der Waals surface area contributed by atoms with Crippen LogP contribution in [0.3, 0.4) is 0 Å². The van der Waals surface area contributed by atoms with Crippen molar-refractivity contribution < 1.29 is 17.2 Å². The van der Waals surface area contributed by atoms with E-state index in [0.29, 0.717) is 23.2 Å². The van der Waals surface area contributed by atoms with E-state index in [-0.39, 0.29) is 22.1 Å². The predicted octanol–water partition coefficient (Wildman–Crippen LogP) is 4.93. The first-order chi connectivity index (χ1) is 15.5. The zero-order valence-corrected chi connectivity index (χ0v) is 19.4. The van der Waals surface area contributed by atoms with Gasteiger partial charge in [0.1, 0.15) is 23.0 Å². The van der Waals surface area contributed by atoms with Crippen molar-refractivity contribution in [3.05, 3.63) is 53.7 Å². The van der Waals surface area contributed by atoms with E-state index in [1.165, 1.54) is 18.2 Å². The van der Waals surface area contributed by atoms with Gasteiger partial charge in [-0.3, -0.25) is 0 Å².